The van der Waals surface area contributed by atoms with Gasteiger partial charge in [0.2, 0.25) is 0 Å². The van der Waals surface area contributed by atoms with Crippen molar-refractivity contribution in [3.63, 3.8) is 0 Å². The summed E-state index contributed by atoms with van der Waals surface area (Å²) in [7, 11) is 0. The molecular formula is C19H31NO2. The van der Waals surface area contributed by atoms with Gasteiger partial charge in [0, 0.05) is 0 Å². The Morgan fingerprint density at radius 3 is 1.64 bits per heavy atom. The SMILES string of the molecule is CC(C)Cc1cc(CC(C)C)c(OC(N)=O)c(CC(C)C)c1. The molecule has 0 aromatic heterocycles. The minimum atomic E-state index is -0.730. The van der Waals surface area contributed by atoms with Crippen LogP contribution in [-0.2, 0) is 19.3 Å². The number of rotatable bonds is 7. The number of nitrogens with two attached hydrogens (primary N) is 1. The van der Waals surface area contributed by atoms with Gasteiger partial charge in [-0.3, -0.25) is 0 Å². The molecule has 22 heavy (non-hydrogen) atoms. The zero-order chi connectivity index (χ0) is 16.9. The Labute approximate surface area is 135 Å². The van der Waals surface area contributed by atoms with Crippen molar-refractivity contribution in [3.8, 4) is 5.75 Å². The molecule has 0 heterocycles. The molecule has 1 amide bonds. The Bertz CT molecular complexity index is 473. The Morgan fingerprint density at radius 2 is 1.32 bits per heavy atom. The van der Waals surface area contributed by atoms with E-state index in [0.717, 1.165) is 30.4 Å². The zero-order valence-corrected chi connectivity index (χ0v) is 14.9. The predicted molar refractivity (Wildman–Crippen MR) is 92.3 cm³/mol. The average Bonchev–Trinajstić information content (AvgIpc) is 2.30. The first-order valence-electron chi connectivity index (χ1n) is 8.31. The first kappa shape index (κ1) is 18.5. The molecule has 3 heteroatoms. The minimum Gasteiger partial charge on any atom is -0.410 e. The lowest BCUT2D eigenvalue weighted by Crippen LogP contribution is -2.19. The quantitative estimate of drug-likeness (QED) is 0.791. The maximum Gasteiger partial charge on any atom is 0.409 e. The molecule has 0 aliphatic carbocycles. The summed E-state index contributed by atoms with van der Waals surface area (Å²) < 4.78 is 5.38. The summed E-state index contributed by atoms with van der Waals surface area (Å²) in [6.45, 7) is 13.1. The van der Waals surface area contributed by atoms with Gasteiger partial charge in [-0.25, -0.2) is 4.79 Å². The van der Waals surface area contributed by atoms with Crippen LogP contribution in [0.25, 0.3) is 0 Å². The van der Waals surface area contributed by atoms with E-state index in [2.05, 4.69) is 53.7 Å². The second-order valence-corrected chi connectivity index (χ2v) is 7.46. The molecular weight excluding hydrogens is 274 g/mol. The van der Waals surface area contributed by atoms with E-state index >= 15 is 0 Å². The summed E-state index contributed by atoms with van der Waals surface area (Å²) >= 11 is 0. The van der Waals surface area contributed by atoms with Crippen LogP contribution in [0.4, 0.5) is 4.79 Å². The summed E-state index contributed by atoms with van der Waals surface area (Å²) in [4.78, 5) is 11.3. The lowest BCUT2D eigenvalue weighted by molar-refractivity contribution is 0.209. The lowest BCUT2D eigenvalue weighted by Gasteiger charge is -2.19. The minimum absolute atomic E-state index is 0.497. The smallest absolute Gasteiger partial charge is 0.409 e. The molecule has 0 aliphatic heterocycles. The van der Waals surface area contributed by atoms with E-state index in [1.807, 2.05) is 0 Å². The van der Waals surface area contributed by atoms with Crippen molar-refractivity contribution < 1.29 is 9.53 Å². The number of hydrogen-bond acceptors (Lipinski definition) is 2. The molecule has 1 aromatic rings. The van der Waals surface area contributed by atoms with Crippen LogP contribution in [-0.4, -0.2) is 6.09 Å². The Kier molecular flexibility index (Phi) is 6.92. The second kappa shape index (κ2) is 8.21. The molecule has 0 unspecified atom stereocenters. The number of benzene rings is 1. The summed E-state index contributed by atoms with van der Waals surface area (Å²) in [6.07, 6.45) is 2.08. The lowest BCUT2D eigenvalue weighted by atomic mass is 9.90. The summed E-state index contributed by atoms with van der Waals surface area (Å²) in [5.74, 6) is 2.27. The molecule has 0 spiro atoms. The number of primary amides is 1. The monoisotopic (exact) mass is 305 g/mol. The van der Waals surface area contributed by atoms with Crippen molar-refractivity contribution in [1.82, 2.24) is 0 Å². The number of hydrogen-bond donors (Lipinski definition) is 1. The van der Waals surface area contributed by atoms with Crippen LogP contribution in [0, 0.1) is 17.8 Å². The zero-order valence-electron chi connectivity index (χ0n) is 14.9. The molecule has 0 saturated carbocycles. The highest BCUT2D eigenvalue weighted by molar-refractivity contribution is 5.69. The number of amides is 1. The van der Waals surface area contributed by atoms with Crippen LogP contribution in [0.3, 0.4) is 0 Å². The van der Waals surface area contributed by atoms with Crippen molar-refractivity contribution >= 4 is 6.09 Å². The average molecular weight is 305 g/mol. The van der Waals surface area contributed by atoms with Crippen LogP contribution in [0.5, 0.6) is 5.75 Å². The number of ether oxygens (including phenoxy) is 1. The van der Waals surface area contributed by atoms with Gasteiger partial charge >= 0.3 is 6.09 Å². The third-order valence-corrected chi connectivity index (χ3v) is 3.41. The topological polar surface area (TPSA) is 52.3 Å². The third-order valence-electron chi connectivity index (χ3n) is 3.41. The van der Waals surface area contributed by atoms with Gasteiger partial charge in [0.1, 0.15) is 5.75 Å². The first-order valence-corrected chi connectivity index (χ1v) is 8.31. The predicted octanol–water partition coefficient (Wildman–Crippen LogP) is 4.74. The summed E-state index contributed by atoms with van der Waals surface area (Å²) in [5, 5.41) is 0. The van der Waals surface area contributed by atoms with E-state index < -0.39 is 6.09 Å². The molecule has 1 aromatic carbocycles. The summed E-state index contributed by atoms with van der Waals surface area (Å²) in [6, 6.07) is 4.37. The second-order valence-electron chi connectivity index (χ2n) is 7.46. The molecule has 0 radical (unpaired) electrons. The molecule has 124 valence electrons. The highest BCUT2D eigenvalue weighted by Gasteiger charge is 2.17. The van der Waals surface area contributed by atoms with Crippen LogP contribution < -0.4 is 10.5 Å². The first-order chi connectivity index (χ1) is 10.2. The maximum atomic E-state index is 11.3. The van der Waals surface area contributed by atoms with E-state index in [1.165, 1.54) is 5.56 Å². The van der Waals surface area contributed by atoms with Gasteiger partial charge in [-0.1, -0.05) is 53.7 Å². The van der Waals surface area contributed by atoms with E-state index in [0.29, 0.717) is 23.5 Å². The van der Waals surface area contributed by atoms with Crippen LogP contribution in [0.2, 0.25) is 0 Å². The van der Waals surface area contributed by atoms with E-state index in [4.69, 9.17) is 10.5 Å². The highest BCUT2D eigenvalue weighted by atomic mass is 16.5. The fourth-order valence-corrected chi connectivity index (χ4v) is 2.83. The van der Waals surface area contributed by atoms with Crippen molar-refractivity contribution in [2.45, 2.75) is 60.8 Å². The van der Waals surface area contributed by atoms with E-state index in [-0.39, 0.29) is 0 Å². The van der Waals surface area contributed by atoms with Crippen molar-refractivity contribution in [2.75, 3.05) is 0 Å². The van der Waals surface area contributed by atoms with Gasteiger partial charge in [0.05, 0.1) is 0 Å². The van der Waals surface area contributed by atoms with Gasteiger partial charge in [-0.2, -0.15) is 0 Å². The highest BCUT2D eigenvalue weighted by Crippen LogP contribution is 2.31. The van der Waals surface area contributed by atoms with Gasteiger partial charge < -0.3 is 10.5 Å². The van der Waals surface area contributed by atoms with Gasteiger partial charge in [-0.05, 0) is 53.7 Å². The molecule has 1 rings (SSSR count). The van der Waals surface area contributed by atoms with Gasteiger partial charge in [0.15, 0.2) is 0 Å². The standard InChI is InChI=1S/C19H31NO2/c1-12(2)7-15-10-16(8-13(3)4)18(22-19(20)21)17(11-15)9-14(5)6/h10-14H,7-9H2,1-6H3,(H2,20,21). The van der Waals surface area contributed by atoms with Crippen LogP contribution in [0.1, 0.15) is 58.2 Å². The third kappa shape index (κ3) is 6.08. The fraction of sp³-hybridized carbons (Fsp3) is 0.632. The Hall–Kier alpha value is -1.51. The largest absolute Gasteiger partial charge is 0.410 e. The number of carbonyl (C=O) groups is 1. The van der Waals surface area contributed by atoms with Gasteiger partial charge in [-0.15, -0.1) is 0 Å². The molecule has 2 N–H and O–H groups in total. The molecule has 3 nitrogen and oxygen atoms in total. The Balaban J connectivity index is 3.34. The van der Waals surface area contributed by atoms with Crippen molar-refractivity contribution in [3.05, 3.63) is 28.8 Å². The molecule has 0 bridgehead atoms. The van der Waals surface area contributed by atoms with E-state index in [9.17, 15) is 4.79 Å². The molecule has 0 aliphatic rings. The molecule has 0 atom stereocenters. The summed E-state index contributed by atoms with van der Waals surface area (Å²) in [5.41, 5.74) is 8.80. The fourth-order valence-electron chi connectivity index (χ4n) is 2.83. The molecule has 0 saturated heterocycles. The van der Waals surface area contributed by atoms with Gasteiger partial charge in [0.25, 0.3) is 0 Å². The van der Waals surface area contributed by atoms with Crippen molar-refractivity contribution in [1.29, 1.82) is 0 Å². The van der Waals surface area contributed by atoms with Crippen LogP contribution >= 0.6 is 0 Å². The van der Waals surface area contributed by atoms with Crippen molar-refractivity contribution in [2.24, 2.45) is 23.5 Å². The molecule has 0 fully saturated rings. The van der Waals surface area contributed by atoms with Crippen LogP contribution in [0.15, 0.2) is 12.1 Å². The maximum absolute atomic E-state index is 11.3. The number of carbonyl (C=O) groups excluding carboxylic acids is 1. The normalized spacial score (nSPS) is 11.5. The van der Waals surface area contributed by atoms with E-state index in [1.54, 1.807) is 0 Å². The Morgan fingerprint density at radius 1 is 0.909 bits per heavy atom.